The minimum absolute atomic E-state index is 0.129. The molecule has 1 amide bonds. The van der Waals surface area contributed by atoms with E-state index in [4.69, 9.17) is 16.3 Å². The fraction of sp³-hybridized carbons (Fsp3) is 0.125. The largest absolute Gasteiger partial charge is 0.484 e. The van der Waals surface area contributed by atoms with Crippen molar-refractivity contribution in [3.05, 3.63) is 93.5 Å². The Bertz CT molecular complexity index is 1330. The monoisotopic (exact) mass is 433 g/mol. The van der Waals surface area contributed by atoms with Gasteiger partial charge in [-0.1, -0.05) is 23.7 Å². The van der Waals surface area contributed by atoms with Crippen LogP contribution in [0.1, 0.15) is 11.4 Å². The Labute approximate surface area is 184 Å². The Balaban J connectivity index is 1.47. The van der Waals surface area contributed by atoms with Gasteiger partial charge in [-0.3, -0.25) is 14.2 Å². The summed E-state index contributed by atoms with van der Waals surface area (Å²) in [7, 11) is 0. The second-order valence-corrected chi connectivity index (χ2v) is 7.52. The summed E-state index contributed by atoms with van der Waals surface area (Å²) in [4.78, 5) is 29.6. The number of aryl methyl sites for hydroxylation is 2. The zero-order chi connectivity index (χ0) is 22.0. The number of hydrogen-bond donors (Lipinski definition) is 1. The molecule has 6 nitrogen and oxygen atoms in total. The van der Waals surface area contributed by atoms with Crippen LogP contribution in [0.4, 0.5) is 5.69 Å². The maximum absolute atomic E-state index is 12.9. The molecule has 0 aliphatic rings. The molecule has 0 unspecified atom stereocenters. The fourth-order valence-electron chi connectivity index (χ4n) is 3.29. The van der Waals surface area contributed by atoms with Crippen LogP contribution in [0.25, 0.3) is 16.6 Å². The van der Waals surface area contributed by atoms with Crippen LogP contribution in [0.3, 0.4) is 0 Å². The number of halogens is 1. The number of fused-ring (bicyclic) bond motifs is 1. The van der Waals surface area contributed by atoms with E-state index in [9.17, 15) is 9.59 Å². The van der Waals surface area contributed by atoms with Crippen molar-refractivity contribution < 1.29 is 9.53 Å². The first-order valence-electron chi connectivity index (χ1n) is 9.70. The highest BCUT2D eigenvalue weighted by Gasteiger charge is 2.10. The molecule has 0 saturated heterocycles. The molecule has 4 rings (SSSR count). The van der Waals surface area contributed by atoms with Crippen LogP contribution in [0.5, 0.6) is 5.75 Å². The van der Waals surface area contributed by atoms with Gasteiger partial charge in [0, 0.05) is 10.7 Å². The van der Waals surface area contributed by atoms with E-state index in [0.29, 0.717) is 38.9 Å². The molecule has 0 aliphatic carbocycles. The summed E-state index contributed by atoms with van der Waals surface area (Å²) in [5.74, 6) is 0.874. The van der Waals surface area contributed by atoms with Gasteiger partial charge in [-0.25, -0.2) is 4.98 Å². The highest BCUT2D eigenvalue weighted by atomic mass is 35.5. The second-order valence-electron chi connectivity index (χ2n) is 7.11. The molecule has 0 radical (unpaired) electrons. The predicted octanol–water partition coefficient (Wildman–Crippen LogP) is 4.67. The van der Waals surface area contributed by atoms with Crippen LogP contribution in [-0.2, 0) is 4.79 Å². The van der Waals surface area contributed by atoms with E-state index in [0.717, 1.165) is 5.56 Å². The molecule has 0 bridgehead atoms. The van der Waals surface area contributed by atoms with E-state index in [2.05, 4.69) is 10.3 Å². The molecule has 3 aromatic carbocycles. The predicted molar refractivity (Wildman–Crippen MR) is 122 cm³/mol. The average Bonchev–Trinajstić information content (AvgIpc) is 2.76. The van der Waals surface area contributed by atoms with Gasteiger partial charge in [-0.2, -0.15) is 0 Å². The zero-order valence-electron chi connectivity index (χ0n) is 17.1. The number of hydrogen-bond acceptors (Lipinski definition) is 4. The van der Waals surface area contributed by atoms with Gasteiger partial charge in [0.1, 0.15) is 11.6 Å². The molecule has 156 valence electrons. The van der Waals surface area contributed by atoms with Crippen LogP contribution < -0.4 is 15.6 Å². The lowest BCUT2D eigenvalue weighted by Crippen LogP contribution is -2.22. The smallest absolute Gasteiger partial charge is 0.265 e. The molecule has 4 aromatic rings. The number of aromatic nitrogens is 2. The van der Waals surface area contributed by atoms with Gasteiger partial charge < -0.3 is 10.1 Å². The Morgan fingerprint density at radius 1 is 1.06 bits per heavy atom. The third-order valence-corrected chi connectivity index (χ3v) is 5.28. The van der Waals surface area contributed by atoms with Gasteiger partial charge in [0.25, 0.3) is 11.5 Å². The summed E-state index contributed by atoms with van der Waals surface area (Å²) in [6, 6.07) is 19.5. The molecule has 31 heavy (non-hydrogen) atoms. The first kappa shape index (κ1) is 20.6. The van der Waals surface area contributed by atoms with Gasteiger partial charge in [-0.15, -0.1) is 0 Å². The standard InChI is InChI=1S/C24H20ClN3O3/c1-15-13-19(11-12-21(15)25)31-14-23(29)27-17-7-9-18(10-8-17)28-16(2)26-22-6-4-3-5-20(22)24(28)30/h3-13H,14H2,1-2H3,(H,27,29). The molecule has 1 N–H and O–H groups in total. The average molecular weight is 434 g/mol. The Kier molecular flexibility index (Phi) is 5.73. The lowest BCUT2D eigenvalue weighted by molar-refractivity contribution is -0.118. The number of para-hydroxylation sites is 1. The molecule has 0 atom stereocenters. The van der Waals surface area contributed by atoms with Gasteiger partial charge in [0.2, 0.25) is 0 Å². The van der Waals surface area contributed by atoms with Crippen LogP contribution in [0, 0.1) is 13.8 Å². The van der Waals surface area contributed by atoms with Gasteiger partial charge in [0.15, 0.2) is 6.61 Å². The zero-order valence-corrected chi connectivity index (χ0v) is 17.8. The minimum atomic E-state index is -0.291. The first-order valence-corrected chi connectivity index (χ1v) is 10.1. The number of benzene rings is 3. The summed E-state index contributed by atoms with van der Waals surface area (Å²) >= 11 is 6.00. The number of amides is 1. The van der Waals surface area contributed by atoms with Crippen molar-refractivity contribution >= 4 is 34.1 Å². The molecule has 0 fully saturated rings. The minimum Gasteiger partial charge on any atom is -0.484 e. The molecule has 1 heterocycles. The highest BCUT2D eigenvalue weighted by molar-refractivity contribution is 6.31. The Hall–Kier alpha value is -3.64. The number of rotatable bonds is 5. The molecule has 7 heteroatoms. The van der Waals surface area contributed by atoms with Crippen molar-refractivity contribution in [3.8, 4) is 11.4 Å². The lowest BCUT2D eigenvalue weighted by Gasteiger charge is -2.12. The number of anilines is 1. The van der Waals surface area contributed by atoms with Crippen LogP contribution in [0.15, 0.2) is 71.5 Å². The van der Waals surface area contributed by atoms with Gasteiger partial charge in [0.05, 0.1) is 16.6 Å². The van der Waals surface area contributed by atoms with E-state index >= 15 is 0 Å². The van der Waals surface area contributed by atoms with Crippen molar-refractivity contribution in [1.82, 2.24) is 9.55 Å². The number of carbonyl (C=O) groups excluding carboxylic acids is 1. The summed E-state index contributed by atoms with van der Waals surface area (Å²) in [6.45, 7) is 3.53. The van der Waals surface area contributed by atoms with Crippen LogP contribution >= 0.6 is 11.6 Å². The van der Waals surface area contributed by atoms with Crippen molar-refractivity contribution in [3.63, 3.8) is 0 Å². The quantitative estimate of drug-likeness (QED) is 0.496. The number of carbonyl (C=O) groups is 1. The molecule has 0 aliphatic heterocycles. The lowest BCUT2D eigenvalue weighted by atomic mass is 10.2. The van der Waals surface area contributed by atoms with Crippen LogP contribution in [-0.4, -0.2) is 22.1 Å². The van der Waals surface area contributed by atoms with Gasteiger partial charge >= 0.3 is 0 Å². The van der Waals surface area contributed by atoms with Crippen molar-refractivity contribution in [2.45, 2.75) is 13.8 Å². The van der Waals surface area contributed by atoms with E-state index < -0.39 is 0 Å². The number of nitrogens with zero attached hydrogens (tertiary/aromatic N) is 2. The summed E-state index contributed by atoms with van der Waals surface area (Å²) < 4.78 is 7.07. The number of nitrogens with one attached hydrogen (secondary N) is 1. The SMILES string of the molecule is Cc1cc(OCC(=O)Nc2ccc(-n3c(C)nc4ccccc4c3=O)cc2)ccc1Cl. The van der Waals surface area contributed by atoms with Crippen LogP contribution in [0.2, 0.25) is 5.02 Å². The maximum atomic E-state index is 12.9. The molecule has 0 saturated carbocycles. The molecular weight excluding hydrogens is 414 g/mol. The van der Waals surface area contributed by atoms with Gasteiger partial charge in [-0.05, 0) is 74.0 Å². The molecular formula is C24H20ClN3O3. The summed E-state index contributed by atoms with van der Waals surface area (Å²) in [5, 5.41) is 3.98. The van der Waals surface area contributed by atoms with E-state index in [1.165, 1.54) is 0 Å². The topological polar surface area (TPSA) is 73.2 Å². The third-order valence-electron chi connectivity index (χ3n) is 4.85. The third kappa shape index (κ3) is 4.44. The van der Waals surface area contributed by atoms with E-state index in [1.54, 1.807) is 60.0 Å². The van der Waals surface area contributed by atoms with Crippen molar-refractivity contribution in [1.29, 1.82) is 0 Å². The Morgan fingerprint density at radius 2 is 1.81 bits per heavy atom. The summed E-state index contributed by atoms with van der Waals surface area (Å²) in [6.07, 6.45) is 0. The summed E-state index contributed by atoms with van der Waals surface area (Å²) in [5.41, 5.74) is 2.69. The van der Waals surface area contributed by atoms with Crippen molar-refractivity contribution in [2.24, 2.45) is 0 Å². The molecule has 1 aromatic heterocycles. The fourth-order valence-corrected chi connectivity index (χ4v) is 3.41. The molecule has 0 spiro atoms. The number of ether oxygens (including phenoxy) is 1. The second kappa shape index (κ2) is 8.62. The Morgan fingerprint density at radius 3 is 2.55 bits per heavy atom. The normalized spacial score (nSPS) is 10.8. The first-order chi connectivity index (χ1) is 14.9. The maximum Gasteiger partial charge on any atom is 0.265 e. The van der Waals surface area contributed by atoms with Crippen molar-refractivity contribution in [2.75, 3.05) is 11.9 Å². The van der Waals surface area contributed by atoms with E-state index in [-0.39, 0.29) is 18.1 Å². The van der Waals surface area contributed by atoms with E-state index in [1.807, 2.05) is 25.1 Å². The highest BCUT2D eigenvalue weighted by Crippen LogP contribution is 2.21.